The average Bonchev–Trinajstić information content (AvgIpc) is 3.01. The second kappa shape index (κ2) is 3.76. The van der Waals surface area contributed by atoms with Gasteiger partial charge in [-0.2, -0.15) is 13.2 Å². The predicted molar refractivity (Wildman–Crippen MR) is 58.8 cm³/mol. The Morgan fingerprint density at radius 3 is 2.44 bits per heavy atom. The Hall–Kier alpha value is -1.99. The van der Waals surface area contributed by atoms with E-state index in [1.807, 2.05) is 0 Å². The van der Waals surface area contributed by atoms with Crippen LogP contribution in [0.15, 0.2) is 12.1 Å². The minimum atomic E-state index is -4.39. The van der Waals surface area contributed by atoms with Crippen LogP contribution in [0.25, 0.3) is 0 Å². The Morgan fingerprint density at radius 1 is 1.39 bits per heavy atom. The van der Waals surface area contributed by atoms with Crippen LogP contribution in [0.4, 0.5) is 24.7 Å². The highest BCUT2D eigenvalue weighted by atomic mass is 19.4. The fourth-order valence-electron chi connectivity index (χ4n) is 1.54. The van der Waals surface area contributed by atoms with Gasteiger partial charge < -0.3 is 16.8 Å². The lowest BCUT2D eigenvalue weighted by molar-refractivity contribution is -0.151. The van der Waals surface area contributed by atoms with E-state index in [0.29, 0.717) is 0 Å². The summed E-state index contributed by atoms with van der Waals surface area (Å²) in [5.74, 6) is -0.990. The van der Waals surface area contributed by atoms with Gasteiger partial charge >= 0.3 is 6.18 Å². The van der Waals surface area contributed by atoms with Crippen molar-refractivity contribution in [2.75, 3.05) is 11.1 Å². The molecule has 0 saturated heterocycles. The first kappa shape index (κ1) is 12.5. The van der Waals surface area contributed by atoms with E-state index in [0.717, 1.165) is 0 Å². The number of nitrogens with two attached hydrogens (primary N) is 2. The maximum absolute atomic E-state index is 12.7. The van der Waals surface area contributed by atoms with Gasteiger partial charge in [-0.1, -0.05) is 0 Å². The normalized spacial score (nSPS) is 17.3. The van der Waals surface area contributed by atoms with E-state index < -0.39 is 17.6 Å². The molecule has 1 heterocycles. The van der Waals surface area contributed by atoms with E-state index in [2.05, 4.69) is 10.3 Å². The molecule has 0 atom stereocenters. The molecule has 2 rings (SSSR count). The molecule has 5 nitrogen and oxygen atoms in total. The first-order valence-electron chi connectivity index (χ1n) is 5.16. The van der Waals surface area contributed by atoms with Gasteiger partial charge in [0.15, 0.2) is 5.82 Å². The maximum atomic E-state index is 12.7. The molecule has 0 aliphatic heterocycles. The molecule has 0 bridgehead atoms. The van der Waals surface area contributed by atoms with Gasteiger partial charge in [0.25, 0.3) is 5.91 Å². The number of carbonyl (C=O) groups excluding carboxylic acids is 1. The molecule has 1 aliphatic rings. The van der Waals surface area contributed by atoms with Crippen molar-refractivity contribution in [3.05, 3.63) is 17.8 Å². The number of hydrogen-bond donors (Lipinski definition) is 3. The molecule has 0 spiro atoms. The van der Waals surface area contributed by atoms with Crippen molar-refractivity contribution in [2.45, 2.75) is 24.6 Å². The number of halogens is 3. The molecule has 1 aromatic rings. The number of primary amides is 1. The van der Waals surface area contributed by atoms with Crippen molar-refractivity contribution in [1.29, 1.82) is 0 Å². The zero-order chi connectivity index (χ0) is 13.6. The third kappa shape index (κ3) is 2.05. The second-order valence-corrected chi connectivity index (χ2v) is 4.20. The first-order chi connectivity index (χ1) is 8.25. The summed E-state index contributed by atoms with van der Waals surface area (Å²) in [6.45, 7) is 0. The van der Waals surface area contributed by atoms with Gasteiger partial charge in [0.05, 0.1) is 5.69 Å². The SMILES string of the molecule is NC(=O)c1ccc(N)c(NC2(C(F)(F)F)CC2)n1. The minimum Gasteiger partial charge on any atom is -0.396 e. The Labute approximate surface area is 100 Å². The number of aromatic nitrogens is 1. The Bertz CT molecular complexity index is 496. The summed E-state index contributed by atoms with van der Waals surface area (Å²) in [5, 5.41) is 2.26. The van der Waals surface area contributed by atoms with E-state index in [1.165, 1.54) is 12.1 Å². The van der Waals surface area contributed by atoms with Crippen molar-refractivity contribution in [2.24, 2.45) is 5.73 Å². The zero-order valence-electron chi connectivity index (χ0n) is 9.21. The van der Waals surface area contributed by atoms with E-state index in [-0.39, 0.29) is 30.0 Å². The summed E-state index contributed by atoms with van der Waals surface area (Å²) >= 11 is 0. The number of alkyl halides is 3. The molecule has 5 N–H and O–H groups in total. The highest BCUT2D eigenvalue weighted by Crippen LogP contribution is 2.51. The van der Waals surface area contributed by atoms with Crippen LogP contribution in [0, 0.1) is 0 Å². The van der Waals surface area contributed by atoms with Gasteiger partial charge in [-0.05, 0) is 25.0 Å². The van der Waals surface area contributed by atoms with Crippen LogP contribution in [0.2, 0.25) is 0 Å². The summed E-state index contributed by atoms with van der Waals surface area (Å²) in [4.78, 5) is 14.6. The Balaban J connectivity index is 2.30. The van der Waals surface area contributed by atoms with Crippen LogP contribution in [-0.4, -0.2) is 22.6 Å². The van der Waals surface area contributed by atoms with Crippen molar-refractivity contribution >= 4 is 17.4 Å². The predicted octanol–water partition coefficient (Wildman–Crippen LogP) is 1.27. The minimum absolute atomic E-state index is 0.0375. The van der Waals surface area contributed by atoms with Crippen molar-refractivity contribution in [3.63, 3.8) is 0 Å². The molecule has 0 radical (unpaired) electrons. The highest BCUT2D eigenvalue weighted by Gasteiger charge is 2.63. The van der Waals surface area contributed by atoms with E-state index in [1.54, 1.807) is 0 Å². The lowest BCUT2D eigenvalue weighted by atomic mass is 10.2. The maximum Gasteiger partial charge on any atom is 0.411 e. The molecule has 1 aliphatic carbocycles. The van der Waals surface area contributed by atoms with Gasteiger partial charge in [0.1, 0.15) is 11.2 Å². The van der Waals surface area contributed by atoms with Crippen molar-refractivity contribution < 1.29 is 18.0 Å². The third-order valence-electron chi connectivity index (χ3n) is 2.83. The highest BCUT2D eigenvalue weighted by molar-refractivity contribution is 5.91. The molecule has 98 valence electrons. The quantitative estimate of drug-likeness (QED) is 0.762. The molecule has 1 aromatic heterocycles. The molecular weight excluding hydrogens is 249 g/mol. The van der Waals surface area contributed by atoms with Crippen LogP contribution in [-0.2, 0) is 0 Å². The van der Waals surface area contributed by atoms with Crippen LogP contribution >= 0.6 is 0 Å². The van der Waals surface area contributed by atoms with Gasteiger partial charge in [0, 0.05) is 0 Å². The second-order valence-electron chi connectivity index (χ2n) is 4.20. The lowest BCUT2D eigenvalue weighted by Gasteiger charge is -2.22. The molecule has 0 aromatic carbocycles. The Morgan fingerprint density at radius 2 is 2.00 bits per heavy atom. The van der Waals surface area contributed by atoms with Crippen LogP contribution < -0.4 is 16.8 Å². The molecule has 18 heavy (non-hydrogen) atoms. The van der Waals surface area contributed by atoms with Crippen molar-refractivity contribution in [3.8, 4) is 0 Å². The first-order valence-corrected chi connectivity index (χ1v) is 5.16. The number of anilines is 2. The number of nitrogens with zero attached hydrogens (tertiary/aromatic N) is 1. The molecule has 0 unspecified atom stereocenters. The van der Waals surface area contributed by atoms with Crippen LogP contribution in [0.3, 0.4) is 0 Å². The largest absolute Gasteiger partial charge is 0.411 e. The van der Waals surface area contributed by atoms with Gasteiger partial charge in [-0.15, -0.1) is 0 Å². The molecule has 8 heteroatoms. The molecule has 1 saturated carbocycles. The summed E-state index contributed by atoms with van der Waals surface area (Å²) in [5.41, 5.74) is 8.45. The van der Waals surface area contributed by atoms with Gasteiger partial charge in [0.2, 0.25) is 0 Å². The van der Waals surface area contributed by atoms with Crippen LogP contribution in [0.5, 0.6) is 0 Å². The molecular formula is C10H11F3N4O. The number of amides is 1. The van der Waals surface area contributed by atoms with E-state index in [9.17, 15) is 18.0 Å². The molecule has 1 amide bonds. The fraction of sp³-hybridized carbons (Fsp3) is 0.400. The van der Waals surface area contributed by atoms with Crippen LogP contribution in [0.1, 0.15) is 23.3 Å². The standard InChI is InChI=1S/C10H11F3N4O/c11-10(12,13)9(3-4-9)17-8-5(14)1-2-6(16-8)7(15)18/h1-2H,3-4,14H2,(H2,15,18)(H,16,17). The molecule has 1 fully saturated rings. The number of hydrogen-bond acceptors (Lipinski definition) is 4. The third-order valence-corrected chi connectivity index (χ3v) is 2.83. The summed E-state index contributed by atoms with van der Waals surface area (Å²) in [6, 6.07) is 2.55. The smallest absolute Gasteiger partial charge is 0.396 e. The fourth-order valence-corrected chi connectivity index (χ4v) is 1.54. The number of rotatable bonds is 3. The zero-order valence-corrected chi connectivity index (χ0v) is 9.21. The van der Waals surface area contributed by atoms with E-state index >= 15 is 0 Å². The number of nitrogens with one attached hydrogen (secondary N) is 1. The lowest BCUT2D eigenvalue weighted by Crippen LogP contribution is -2.39. The van der Waals surface area contributed by atoms with E-state index in [4.69, 9.17) is 11.5 Å². The topological polar surface area (TPSA) is 94.0 Å². The number of pyridine rings is 1. The summed E-state index contributed by atoms with van der Waals surface area (Å²) in [7, 11) is 0. The van der Waals surface area contributed by atoms with Gasteiger partial charge in [-0.25, -0.2) is 4.98 Å². The van der Waals surface area contributed by atoms with Gasteiger partial charge in [-0.3, -0.25) is 4.79 Å². The number of nitrogen functional groups attached to an aromatic ring is 1. The Kier molecular flexibility index (Phi) is 2.60. The summed E-state index contributed by atoms with van der Waals surface area (Å²) in [6.07, 6.45) is -4.47. The average molecular weight is 260 g/mol. The summed E-state index contributed by atoms with van der Waals surface area (Å²) < 4.78 is 38.2. The van der Waals surface area contributed by atoms with Crippen molar-refractivity contribution in [1.82, 2.24) is 4.98 Å². The monoisotopic (exact) mass is 260 g/mol. The number of carbonyl (C=O) groups is 1.